The summed E-state index contributed by atoms with van der Waals surface area (Å²) >= 11 is 3.01. The van der Waals surface area contributed by atoms with Gasteiger partial charge < -0.3 is 5.11 Å². The topological polar surface area (TPSA) is 20.2 Å². The van der Waals surface area contributed by atoms with E-state index in [4.69, 9.17) is 0 Å². The van der Waals surface area contributed by atoms with E-state index in [1.54, 1.807) is 0 Å². The van der Waals surface area contributed by atoms with Crippen molar-refractivity contribution in [1.29, 1.82) is 0 Å². The standard InChI is InChI=1S/C13H17BrF2O/c1-2-3-4-5-9(17)8-10-12(15)7-6-11(14)13(10)16/h6-7,9,17H,2-5,8H2,1H3. The molecule has 0 aliphatic carbocycles. The first-order valence-electron chi connectivity index (χ1n) is 5.86. The van der Waals surface area contributed by atoms with E-state index in [0.29, 0.717) is 6.42 Å². The van der Waals surface area contributed by atoms with E-state index in [1.807, 2.05) is 0 Å². The fourth-order valence-corrected chi connectivity index (χ4v) is 2.10. The highest BCUT2D eigenvalue weighted by molar-refractivity contribution is 9.10. The van der Waals surface area contributed by atoms with Crippen molar-refractivity contribution in [3.8, 4) is 0 Å². The molecule has 0 bridgehead atoms. The van der Waals surface area contributed by atoms with E-state index in [-0.39, 0.29) is 16.5 Å². The first-order chi connectivity index (χ1) is 8.06. The first kappa shape index (κ1) is 14.6. The lowest BCUT2D eigenvalue weighted by atomic mass is 10.0. The van der Waals surface area contributed by atoms with Crippen LogP contribution in [0.15, 0.2) is 16.6 Å². The van der Waals surface area contributed by atoms with Crippen molar-refractivity contribution in [2.75, 3.05) is 0 Å². The average molecular weight is 307 g/mol. The third-order valence-corrected chi connectivity index (χ3v) is 3.33. The molecule has 1 N–H and O–H groups in total. The molecule has 0 aromatic heterocycles. The van der Waals surface area contributed by atoms with Crippen LogP contribution in [-0.4, -0.2) is 11.2 Å². The summed E-state index contributed by atoms with van der Waals surface area (Å²) in [5.41, 5.74) is -0.0385. The van der Waals surface area contributed by atoms with Gasteiger partial charge in [-0.1, -0.05) is 26.2 Å². The van der Waals surface area contributed by atoms with Crippen LogP contribution in [0, 0.1) is 11.6 Å². The number of hydrogen-bond donors (Lipinski definition) is 1. The molecular formula is C13H17BrF2O. The minimum absolute atomic E-state index is 0.0286. The summed E-state index contributed by atoms with van der Waals surface area (Å²) in [7, 11) is 0. The lowest BCUT2D eigenvalue weighted by Gasteiger charge is -2.12. The van der Waals surface area contributed by atoms with Crippen LogP contribution in [0.25, 0.3) is 0 Å². The van der Waals surface area contributed by atoms with Gasteiger partial charge in [0.05, 0.1) is 10.6 Å². The van der Waals surface area contributed by atoms with E-state index in [9.17, 15) is 13.9 Å². The number of benzene rings is 1. The van der Waals surface area contributed by atoms with Gasteiger partial charge in [-0.05, 0) is 34.5 Å². The summed E-state index contributed by atoms with van der Waals surface area (Å²) < 4.78 is 27.3. The second kappa shape index (κ2) is 7.07. The average Bonchev–Trinajstić information content (AvgIpc) is 2.30. The molecule has 1 rings (SSSR count). The highest BCUT2D eigenvalue weighted by Gasteiger charge is 2.15. The van der Waals surface area contributed by atoms with Crippen LogP contribution < -0.4 is 0 Å². The first-order valence-corrected chi connectivity index (χ1v) is 6.66. The SMILES string of the molecule is CCCCCC(O)Cc1c(F)ccc(Br)c1F. The molecule has 4 heteroatoms. The zero-order valence-corrected chi connectivity index (χ0v) is 11.4. The van der Waals surface area contributed by atoms with E-state index in [0.717, 1.165) is 19.3 Å². The predicted molar refractivity (Wildman–Crippen MR) is 67.9 cm³/mol. The minimum Gasteiger partial charge on any atom is -0.393 e. The molecule has 0 saturated heterocycles. The van der Waals surface area contributed by atoms with Crippen molar-refractivity contribution in [2.45, 2.75) is 45.1 Å². The van der Waals surface area contributed by atoms with Crippen molar-refractivity contribution < 1.29 is 13.9 Å². The smallest absolute Gasteiger partial charge is 0.143 e. The van der Waals surface area contributed by atoms with Crippen LogP contribution in [-0.2, 0) is 6.42 Å². The summed E-state index contributed by atoms with van der Waals surface area (Å²) in [6.45, 7) is 2.07. The van der Waals surface area contributed by atoms with Crippen molar-refractivity contribution in [3.05, 3.63) is 33.8 Å². The number of rotatable bonds is 6. The maximum Gasteiger partial charge on any atom is 0.143 e. The zero-order chi connectivity index (χ0) is 12.8. The molecule has 0 fully saturated rings. The van der Waals surface area contributed by atoms with Crippen molar-refractivity contribution in [1.82, 2.24) is 0 Å². The zero-order valence-electron chi connectivity index (χ0n) is 9.85. The predicted octanol–water partition coefficient (Wildman–Crippen LogP) is 4.21. The number of aliphatic hydroxyl groups excluding tert-OH is 1. The van der Waals surface area contributed by atoms with E-state index >= 15 is 0 Å². The van der Waals surface area contributed by atoms with Gasteiger partial charge in [0, 0.05) is 12.0 Å². The Kier molecular flexibility index (Phi) is 6.06. The molecular weight excluding hydrogens is 290 g/mol. The van der Waals surface area contributed by atoms with Crippen LogP contribution in [0.2, 0.25) is 0 Å². The van der Waals surface area contributed by atoms with Gasteiger partial charge in [-0.15, -0.1) is 0 Å². The summed E-state index contributed by atoms with van der Waals surface area (Å²) in [5, 5.41) is 9.72. The summed E-state index contributed by atoms with van der Waals surface area (Å²) in [4.78, 5) is 0. The van der Waals surface area contributed by atoms with Crippen LogP contribution in [0.5, 0.6) is 0 Å². The van der Waals surface area contributed by atoms with Crippen LogP contribution in [0.3, 0.4) is 0 Å². The van der Waals surface area contributed by atoms with E-state index in [1.165, 1.54) is 12.1 Å². The number of unbranched alkanes of at least 4 members (excludes halogenated alkanes) is 2. The Balaban J connectivity index is 2.64. The Morgan fingerprint density at radius 1 is 1.29 bits per heavy atom. The van der Waals surface area contributed by atoms with Gasteiger partial charge in [0.15, 0.2) is 0 Å². The minimum atomic E-state index is -0.681. The van der Waals surface area contributed by atoms with Gasteiger partial charge in [-0.2, -0.15) is 0 Å². The van der Waals surface area contributed by atoms with Crippen molar-refractivity contribution in [3.63, 3.8) is 0 Å². The molecule has 0 aliphatic heterocycles. The Labute approximate surface area is 109 Å². The molecule has 0 spiro atoms. The van der Waals surface area contributed by atoms with Gasteiger partial charge in [0.1, 0.15) is 11.6 Å². The molecule has 96 valence electrons. The van der Waals surface area contributed by atoms with Crippen LogP contribution >= 0.6 is 15.9 Å². The number of aliphatic hydroxyl groups is 1. The van der Waals surface area contributed by atoms with Gasteiger partial charge in [0.2, 0.25) is 0 Å². The highest BCUT2D eigenvalue weighted by atomic mass is 79.9. The molecule has 1 aromatic rings. The second-order valence-electron chi connectivity index (χ2n) is 4.18. The lowest BCUT2D eigenvalue weighted by Crippen LogP contribution is -2.13. The Morgan fingerprint density at radius 2 is 2.00 bits per heavy atom. The summed E-state index contributed by atoms with van der Waals surface area (Å²) in [5.74, 6) is -1.21. The maximum atomic E-state index is 13.6. The number of halogens is 3. The molecule has 1 aromatic carbocycles. The molecule has 0 radical (unpaired) electrons. The van der Waals surface area contributed by atoms with Gasteiger partial charge in [0.25, 0.3) is 0 Å². The molecule has 17 heavy (non-hydrogen) atoms. The van der Waals surface area contributed by atoms with Crippen LogP contribution in [0.4, 0.5) is 8.78 Å². The quantitative estimate of drug-likeness (QED) is 0.616. The van der Waals surface area contributed by atoms with Crippen molar-refractivity contribution in [2.24, 2.45) is 0 Å². The fourth-order valence-electron chi connectivity index (χ4n) is 1.72. The molecule has 0 amide bonds. The summed E-state index contributed by atoms with van der Waals surface area (Å²) in [6, 6.07) is 2.54. The number of hydrogen-bond acceptors (Lipinski definition) is 1. The normalized spacial score (nSPS) is 12.8. The molecule has 1 atom stereocenters. The van der Waals surface area contributed by atoms with Crippen molar-refractivity contribution >= 4 is 15.9 Å². The summed E-state index contributed by atoms with van der Waals surface area (Å²) in [6.07, 6.45) is 2.90. The molecule has 1 nitrogen and oxygen atoms in total. The third kappa shape index (κ3) is 4.36. The largest absolute Gasteiger partial charge is 0.393 e. The third-order valence-electron chi connectivity index (χ3n) is 2.72. The molecule has 1 unspecified atom stereocenters. The van der Waals surface area contributed by atoms with E-state index in [2.05, 4.69) is 22.9 Å². The Morgan fingerprint density at radius 3 is 2.65 bits per heavy atom. The van der Waals surface area contributed by atoms with E-state index < -0.39 is 17.7 Å². The maximum absolute atomic E-state index is 13.6. The van der Waals surface area contributed by atoms with Gasteiger partial charge in [-0.25, -0.2) is 8.78 Å². The van der Waals surface area contributed by atoms with Crippen LogP contribution in [0.1, 0.15) is 38.2 Å². The molecule has 0 heterocycles. The van der Waals surface area contributed by atoms with Gasteiger partial charge >= 0.3 is 0 Å². The molecule has 0 aliphatic rings. The fraction of sp³-hybridized carbons (Fsp3) is 0.538. The second-order valence-corrected chi connectivity index (χ2v) is 5.03. The highest BCUT2D eigenvalue weighted by Crippen LogP contribution is 2.23. The monoisotopic (exact) mass is 306 g/mol. The Hall–Kier alpha value is -0.480. The van der Waals surface area contributed by atoms with Gasteiger partial charge in [-0.3, -0.25) is 0 Å². The Bertz CT molecular complexity index is 369. The molecule has 0 saturated carbocycles. The lowest BCUT2D eigenvalue weighted by molar-refractivity contribution is 0.158.